The Balaban J connectivity index is 1.90. The maximum absolute atomic E-state index is 12.2. The Bertz CT molecular complexity index is 616. The standard InChI is InChI=1S/C15H18O8/c1-6-2-8(17)12-10(22-6)3-7(16)4-11(12)23-15-14(20)13(19)9(18)5-21-15/h3-4,6,9,13-16,18-20H,2,5H2,1H3. The van der Waals surface area contributed by atoms with Crippen LogP contribution in [-0.2, 0) is 4.74 Å². The van der Waals surface area contributed by atoms with Crippen molar-refractivity contribution in [3.63, 3.8) is 0 Å². The fourth-order valence-corrected chi connectivity index (χ4v) is 2.67. The summed E-state index contributed by atoms with van der Waals surface area (Å²) in [6.07, 6.45) is -5.62. The predicted molar refractivity (Wildman–Crippen MR) is 75.5 cm³/mol. The summed E-state index contributed by atoms with van der Waals surface area (Å²) in [5.74, 6) is -0.217. The minimum Gasteiger partial charge on any atom is -0.508 e. The molecule has 1 aromatic rings. The van der Waals surface area contributed by atoms with E-state index in [2.05, 4.69) is 0 Å². The molecule has 1 saturated heterocycles. The smallest absolute Gasteiger partial charge is 0.228 e. The van der Waals surface area contributed by atoms with Gasteiger partial charge in [0.25, 0.3) is 0 Å². The minimum absolute atomic E-state index is 0.00969. The van der Waals surface area contributed by atoms with Crippen molar-refractivity contribution in [3.05, 3.63) is 17.7 Å². The Morgan fingerprint density at radius 2 is 1.96 bits per heavy atom. The van der Waals surface area contributed by atoms with Gasteiger partial charge >= 0.3 is 0 Å². The van der Waals surface area contributed by atoms with Crippen molar-refractivity contribution in [2.75, 3.05) is 6.61 Å². The van der Waals surface area contributed by atoms with Crippen LogP contribution in [0.5, 0.6) is 17.2 Å². The molecule has 2 aliphatic heterocycles. The highest BCUT2D eigenvalue weighted by Gasteiger charge is 2.40. The number of fused-ring (bicyclic) bond motifs is 1. The zero-order chi connectivity index (χ0) is 16.7. The molecule has 4 N–H and O–H groups in total. The molecule has 23 heavy (non-hydrogen) atoms. The van der Waals surface area contributed by atoms with Gasteiger partial charge in [0.05, 0.1) is 6.61 Å². The predicted octanol–water partition coefficient (Wildman–Crippen LogP) is -0.436. The van der Waals surface area contributed by atoms with Crippen LogP contribution in [0.1, 0.15) is 23.7 Å². The van der Waals surface area contributed by atoms with Gasteiger partial charge in [-0.3, -0.25) is 4.79 Å². The lowest BCUT2D eigenvalue weighted by Gasteiger charge is -2.35. The van der Waals surface area contributed by atoms with Crippen molar-refractivity contribution >= 4 is 5.78 Å². The SMILES string of the molecule is CC1CC(=O)c2c(cc(O)cc2OC2OCC(O)C(O)C2O)O1. The van der Waals surface area contributed by atoms with Crippen molar-refractivity contribution in [2.24, 2.45) is 0 Å². The number of ketones is 1. The molecule has 0 bridgehead atoms. The molecule has 0 amide bonds. The first-order valence-electron chi connectivity index (χ1n) is 7.26. The van der Waals surface area contributed by atoms with E-state index < -0.39 is 24.6 Å². The molecule has 0 spiro atoms. The first kappa shape index (κ1) is 16.0. The van der Waals surface area contributed by atoms with E-state index in [1.54, 1.807) is 6.92 Å². The third-order valence-corrected chi connectivity index (χ3v) is 3.83. The van der Waals surface area contributed by atoms with Gasteiger partial charge in [-0.15, -0.1) is 0 Å². The van der Waals surface area contributed by atoms with Gasteiger partial charge in [-0.25, -0.2) is 0 Å². The molecule has 5 unspecified atom stereocenters. The zero-order valence-corrected chi connectivity index (χ0v) is 12.4. The molecule has 5 atom stereocenters. The third-order valence-electron chi connectivity index (χ3n) is 3.83. The number of phenols is 1. The second-order valence-corrected chi connectivity index (χ2v) is 5.74. The minimum atomic E-state index is -1.50. The quantitative estimate of drug-likeness (QED) is 0.576. The topological polar surface area (TPSA) is 126 Å². The zero-order valence-electron chi connectivity index (χ0n) is 12.4. The summed E-state index contributed by atoms with van der Waals surface area (Å²) in [7, 11) is 0. The lowest BCUT2D eigenvalue weighted by atomic mass is 10.00. The molecule has 2 heterocycles. The number of hydrogen-bond acceptors (Lipinski definition) is 8. The largest absolute Gasteiger partial charge is 0.508 e. The van der Waals surface area contributed by atoms with Crippen molar-refractivity contribution in [2.45, 2.75) is 44.1 Å². The van der Waals surface area contributed by atoms with Crippen molar-refractivity contribution in [1.29, 1.82) is 0 Å². The van der Waals surface area contributed by atoms with Crippen LogP contribution >= 0.6 is 0 Å². The molecular formula is C15H18O8. The summed E-state index contributed by atoms with van der Waals surface area (Å²) in [5, 5.41) is 38.8. The molecule has 126 valence electrons. The number of hydrogen-bond donors (Lipinski definition) is 4. The van der Waals surface area contributed by atoms with Crippen LogP contribution in [0.15, 0.2) is 12.1 Å². The maximum Gasteiger partial charge on any atom is 0.228 e. The van der Waals surface area contributed by atoms with E-state index in [0.29, 0.717) is 0 Å². The number of aliphatic hydroxyl groups is 3. The second-order valence-electron chi connectivity index (χ2n) is 5.74. The lowest BCUT2D eigenvalue weighted by Crippen LogP contribution is -2.54. The molecule has 0 saturated carbocycles. The van der Waals surface area contributed by atoms with Crippen LogP contribution in [0, 0.1) is 0 Å². The van der Waals surface area contributed by atoms with Crippen LogP contribution in [0.25, 0.3) is 0 Å². The number of phenolic OH excluding ortho intramolecular Hbond substituents is 1. The van der Waals surface area contributed by atoms with Crippen LogP contribution in [0.4, 0.5) is 0 Å². The maximum atomic E-state index is 12.2. The number of aromatic hydroxyl groups is 1. The van der Waals surface area contributed by atoms with Crippen molar-refractivity contribution < 1.29 is 39.4 Å². The summed E-state index contributed by atoms with van der Waals surface area (Å²) in [4.78, 5) is 12.2. The van der Waals surface area contributed by atoms with E-state index in [0.717, 1.165) is 0 Å². The van der Waals surface area contributed by atoms with E-state index in [1.807, 2.05) is 0 Å². The molecule has 1 fully saturated rings. The Morgan fingerprint density at radius 1 is 1.22 bits per heavy atom. The molecular weight excluding hydrogens is 308 g/mol. The van der Waals surface area contributed by atoms with Crippen molar-refractivity contribution in [1.82, 2.24) is 0 Å². The summed E-state index contributed by atoms with van der Waals surface area (Å²) in [6, 6.07) is 2.52. The Kier molecular flexibility index (Phi) is 4.15. The molecule has 3 rings (SSSR count). The number of aliphatic hydroxyl groups excluding tert-OH is 3. The second kappa shape index (κ2) is 5.97. The average molecular weight is 326 g/mol. The summed E-state index contributed by atoms with van der Waals surface area (Å²) in [5.41, 5.74) is 0.150. The van der Waals surface area contributed by atoms with Gasteiger partial charge in [0, 0.05) is 18.6 Å². The van der Waals surface area contributed by atoms with Crippen LogP contribution < -0.4 is 9.47 Å². The van der Waals surface area contributed by atoms with Crippen molar-refractivity contribution in [3.8, 4) is 17.2 Å². The Hall–Kier alpha value is -1.87. The Morgan fingerprint density at radius 3 is 2.70 bits per heavy atom. The highest BCUT2D eigenvalue weighted by Crippen LogP contribution is 2.39. The molecule has 8 nitrogen and oxygen atoms in total. The Labute approximate surface area is 131 Å². The summed E-state index contributed by atoms with van der Waals surface area (Å²) >= 11 is 0. The molecule has 0 aromatic heterocycles. The number of rotatable bonds is 2. The molecule has 0 aliphatic carbocycles. The summed E-state index contributed by atoms with van der Waals surface area (Å²) < 4.78 is 16.1. The molecule has 0 radical (unpaired) electrons. The van der Waals surface area contributed by atoms with E-state index >= 15 is 0 Å². The van der Waals surface area contributed by atoms with Gasteiger partial charge in [0.1, 0.15) is 47.2 Å². The van der Waals surface area contributed by atoms with Gasteiger partial charge < -0.3 is 34.6 Å². The molecule has 1 aromatic carbocycles. The summed E-state index contributed by atoms with van der Waals surface area (Å²) in [6.45, 7) is 1.50. The highest BCUT2D eigenvalue weighted by molar-refractivity contribution is 6.02. The van der Waals surface area contributed by atoms with E-state index in [1.165, 1.54) is 12.1 Å². The van der Waals surface area contributed by atoms with Crippen LogP contribution in [-0.4, -0.2) is 63.5 Å². The van der Waals surface area contributed by atoms with Gasteiger partial charge in [-0.05, 0) is 6.92 Å². The van der Waals surface area contributed by atoms with Gasteiger partial charge in [-0.2, -0.15) is 0 Å². The van der Waals surface area contributed by atoms with E-state index in [9.17, 15) is 25.2 Å². The van der Waals surface area contributed by atoms with Crippen LogP contribution in [0.3, 0.4) is 0 Å². The first-order valence-corrected chi connectivity index (χ1v) is 7.26. The normalized spacial score (nSPS) is 33.7. The number of ether oxygens (including phenoxy) is 3. The van der Waals surface area contributed by atoms with E-state index in [4.69, 9.17) is 14.2 Å². The number of carbonyl (C=O) groups is 1. The van der Waals surface area contributed by atoms with Gasteiger partial charge in [0.15, 0.2) is 5.78 Å². The third kappa shape index (κ3) is 2.98. The first-order chi connectivity index (χ1) is 10.9. The monoisotopic (exact) mass is 326 g/mol. The van der Waals surface area contributed by atoms with Crippen LogP contribution in [0.2, 0.25) is 0 Å². The molecule has 2 aliphatic rings. The number of carbonyl (C=O) groups excluding carboxylic acids is 1. The van der Waals surface area contributed by atoms with Gasteiger partial charge in [-0.1, -0.05) is 0 Å². The fourth-order valence-electron chi connectivity index (χ4n) is 2.67. The number of Topliss-reactive ketones (excluding diaryl/α,β-unsaturated/α-hetero) is 1. The van der Waals surface area contributed by atoms with Gasteiger partial charge in [0.2, 0.25) is 6.29 Å². The number of benzene rings is 1. The lowest BCUT2D eigenvalue weighted by molar-refractivity contribution is -0.242. The molecule has 8 heteroatoms. The highest BCUT2D eigenvalue weighted by atomic mass is 16.7. The van der Waals surface area contributed by atoms with E-state index in [-0.39, 0.29) is 47.7 Å². The fraction of sp³-hybridized carbons (Fsp3) is 0.533. The average Bonchev–Trinajstić information content (AvgIpc) is 2.46.